The van der Waals surface area contributed by atoms with Gasteiger partial charge < -0.3 is 19.6 Å². The first-order chi connectivity index (χ1) is 6.62. The van der Waals surface area contributed by atoms with E-state index in [-0.39, 0.29) is 5.01 Å². The van der Waals surface area contributed by atoms with Gasteiger partial charge >= 0.3 is 15.2 Å². The first-order valence-corrected chi connectivity index (χ1v) is 7.83. The summed E-state index contributed by atoms with van der Waals surface area (Å²) in [5, 5.41) is -2.39. The maximum atomic E-state index is 11.0. The van der Waals surface area contributed by atoms with E-state index in [0.717, 1.165) is 11.3 Å². The number of nitrogens with zero attached hydrogens (tertiary/aromatic N) is 1. The topological polar surface area (TPSA) is 128 Å². The van der Waals surface area contributed by atoms with Gasteiger partial charge in [0, 0.05) is 11.1 Å². The lowest BCUT2D eigenvalue weighted by molar-refractivity contribution is 0.340. The molecule has 0 unspecified atom stereocenters. The van der Waals surface area contributed by atoms with Gasteiger partial charge in [-0.25, -0.2) is 4.98 Å². The van der Waals surface area contributed by atoms with Gasteiger partial charge in [-0.2, -0.15) is 0 Å². The Bertz CT molecular complexity index is 424. The molecule has 1 heterocycles. The molecule has 10 heteroatoms. The molecule has 0 saturated carbocycles. The molecule has 15 heavy (non-hydrogen) atoms. The summed E-state index contributed by atoms with van der Waals surface area (Å²) in [6.45, 7) is 1.62. The third kappa shape index (κ3) is 3.19. The number of aryl methyl sites for hydroxylation is 1. The molecule has 0 atom stereocenters. The highest BCUT2D eigenvalue weighted by Gasteiger charge is 2.46. The van der Waals surface area contributed by atoms with Crippen molar-refractivity contribution in [2.45, 2.75) is 12.3 Å². The number of hydrogen-bond donors (Lipinski definition) is 4. The molecule has 1 aromatic rings. The molecule has 0 aliphatic rings. The van der Waals surface area contributed by atoms with Gasteiger partial charge in [-0.3, -0.25) is 9.13 Å². The van der Waals surface area contributed by atoms with Gasteiger partial charge in [0.1, 0.15) is 5.01 Å². The van der Waals surface area contributed by atoms with Crippen molar-refractivity contribution in [2.24, 2.45) is 0 Å². The highest BCUT2D eigenvalue weighted by Crippen LogP contribution is 2.70. The van der Waals surface area contributed by atoms with Crippen molar-refractivity contribution in [3.63, 3.8) is 0 Å². The molecular formula is C5H9NO6P2S. The van der Waals surface area contributed by atoms with Gasteiger partial charge in [-0.05, 0) is 6.92 Å². The molecule has 0 radical (unpaired) electrons. The summed E-state index contributed by atoms with van der Waals surface area (Å²) in [5.74, 6) is 0. The van der Waals surface area contributed by atoms with Crippen molar-refractivity contribution in [3.8, 4) is 0 Å². The predicted molar refractivity (Wildman–Crippen MR) is 53.7 cm³/mol. The third-order valence-electron chi connectivity index (χ3n) is 1.50. The lowest BCUT2D eigenvalue weighted by Gasteiger charge is -2.16. The first-order valence-electron chi connectivity index (χ1n) is 3.65. The molecule has 7 nitrogen and oxygen atoms in total. The Hall–Kier alpha value is -0.0700. The van der Waals surface area contributed by atoms with Crippen LogP contribution in [-0.4, -0.2) is 24.6 Å². The minimum atomic E-state index is -4.92. The van der Waals surface area contributed by atoms with Gasteiger partial charge in [-0.15, -0.1) is 11.3 Å². The Labute approximate surface area is 89.1 Å². The second-order valence-corrected chi connectivity index (χ2v) is 7.92. The van der Waals surface area contributed by atoms with Crippen LogP contribution in [0.25, 0.3) is 0 Å². The third-order valence-corrected chi connectivity index (χ3v) is 6.39. The van der Waals surface area contributed by atoms with Crippen LogP contribution in [0.5, 0.6) is 0 Å². The summed E-state index contributed by atoms with van der Waals surface area (Å²) in [6.07, 6.45) is 1.30. The zero-order valence-electron chi connectivity index (χ0n) is 7.51. The maximum Gasteiger partial charge on any atom is 0.347 e. The van der Waals surface area contributed by atoms with Crippen LogP contribution >= 0.6 is 26.5 Å². The molecule has 0 saturated heterocycles. The fourth-order valence-corrected chi connectivity index (χ4v) is 5.04. The molecule has 4 N–H and O–H groups in total. The van der Waals surface area contributed by atoms with Crippen LogP contribution in [0.1, 0.15) is 15.3 Å². The summed E-state index contributed by atoms with van der Waals surface area (Å²) in [7, 11) is -9.84. The number of aromatic nitrogens is 1. The van der Waals surface area contributed by atoms with Gasteiger partial charge in [0.05, 0.1) is 0 Å². The SMILES string of the molecule is Cc1cnc(C(P(=O)(O)O)P(=O)(O)O)s1. The van der Waals surface area contributed by atoms with E-state index >= 15 is 0 Å². The lowest BCUT2D eigenvalue weighted by Crippen LogP contribution is -2.00. The Kier molecular flexibility index (Phi) is 3.52. The molecule has 0 spiro atoms. The van der Waals surface area contributed by atoms with Gasteiger partial charge in [0.15, 0.2) is 0 Å². The average molecular weight is 273 g/mol. The molecule has 0 aliphatic heterocycles. The Morgan fingerprint density at radius 3 is 2.00 bits per heavy atom. The van der Waals surface area contributed by atoms with Crippen molar-refractivity contribution < 1.29 is 28.7 Å². The quantitative estimate of drug-likeness (QED) is 0.600. The standard InChI is InChI=1S/C5H9NO6P2S/c1-3-2-6-4(15-3)5(13(7,8)9)14(10,11)12/h2,5H,1H3,(H2,7,8,9)(H2,10,11,12). The Balaban J connectivity index is 3.26. The van der Waals surface area contributed by atoms with Crippen molar-refractivity contribution in [2.75, 3.05) is 0 Å². The van der Waals surface area contributed by atoms with Gasteiger partial charge in [0.25, 0.3) is 0 Å². The summed E-state index contributed by atoms with van der Waals surface area (Å²) >= 11 is 0.854. The zero-order valence-corrected chi connectivity index (χ0v) is 10.1. The van der Waals surface area contributed by atoms with E-state index in [1.165, 1.54) is 6.20 Å². The number of hydrogen-bond acceptors (Lipinski definition) is 4. The molecule has 0 aromatic carbocycles. The van der Waals surface area contributed by atoms with Crippen molar-refractivity contribution in [1.82, 2.24) is 4.98 Å². The smallest absolute Gasteiger partial charge is 0.323 e. The van der Waals surface area contributed by atoms with Crippen LogP contribution in [0, 0.1) is 6.92 Å². The molecule has 0 fully saturated rings. The molecule has 0 bridgehead atoms. The van der Waals surface area contributed by atoms with Crippen LogP contribution in [-0.2, 0) is 9.13 Å². The molecule has 1 rings (SSSR count). The van der Waals surface area contributed by atoms with Crippen LogP contribution < -0.4 is 0 Å². The highest BCUT2D eigenvalue weighted by atomic mass is 32.1. The zero-order chi connectivity index (χ0) is 11.9. The van der Waals surface area contributed by atoms with Crippen LogP contribution in [0.2, 0.25) is 0 Å². The van der Waals surface area contributed by atoms with E-state index in [0.29, 0.717) is 4.88 Å². The minimum Gasteiger partial charge on any atom is -0.323 e. The summed E-state index contributed by atoms with van der Waals surface area (Å²) in [5.41, 5.74) is 0. The van der Waals surface area contributed by atoms with E-state index in [1.54, 1.807) is 6.92 Å². The highest BCUT2D eigenvalue weighted by molar-refractivity contribution is 7.70. The normalized spacial score (nSPS) is 13.5. The molecule has 1 aromatic heterocycles. The average Bonchev–Trinajstić information content (AvgIpc) is 2.28. The van der Waals surface area contributed by atoms with E-state index in [9.17, 15) is 9.13 Å². The second kappa shape index (κ2) is 4.07. The predicted octanol–water partition coefficient (Wildman–Crippen LogP) is 0.806. The van der Waals surface area contributed by atoms with Crippen molar-refractivity contribution in [1.29, 1.82) is 0 Å². The minimum absolute atomic E-state index is 0.242. The maximum absolute atomic E-state index is 11.0. The number of thiazole rings is 1. The molecular weight excluding hydrogens is 264 g/mol. The Morgan fingerprint density at radius 1 is 1.27 bits per heavy atom. The summed E-state index contributed by atoms with van der Waals surface area (Å²) in [4.78, 5) is 39.7. The first kappa shape index (κ1) is 13.0. The van der Waals surface area contributed by atoms with Crippen molar-refractivity contribution in [3.05, 3.63) is 16.1 Å². The van der Waals surface area contributed by atoms with Gasteiger partial charge in [-0.1, -0.05) is 0 Å². The second-order valence-electron chi connectivity index (χ2n) is 2.86. The van der Waals surface area contributed by atoms with E-state index in [1.807, 2.05) is 0 Å². The van der Waals surface area contributed by atoms with Crippen molar-refractivity contribution >= 4 is 26.5 Å². The van der Waals surface area contributed by atoms with Crippen LogP contribution in [0.4, 0.5) is 0 Å². The summed E-state index contributed by atoms with van der Waals surface area (Å²) < 4.78 is 21.9. The van der Waals surface area contributed by atoms with Crippen LogP contribution in [0.3, 0.4) is 0 Å². The summed E-state index contributed by atoms with van der Waals surface area (Å²) in [6, 6.07) is 0. The fraction of sp³-hybridized carbons (Fsp3) is 0.400. The largest absolute Gasteiger partial charge is 0.347 e. The molecule has 0 aliphatic carbocycles. The fourth-order valence-electron chi connectivity index (χ4n) is 0.975. The molecule has 0 amide bonds. The van der Waals surface area contributed by atoms with Crippen LogP contribution in [0.15, 0.2) is 6.20 Å². The monoisotopic (exact) mass is 273 g/mol. The number of rotatable bonds is 3. The Morgan fingerprint density at radius 2 is 1.73 bits per heavy atom. The lowest BCUT2D eigenvalue weighted by atomic mass is 10.6. The molecule has 86 valence electrons. The van der Waals surface area contributed by atoms with Gasteiger partial charge in [0.2, 0.25) is 5.40 Å². The van der Waals surface area contributed by atoms with E-state index in [4.69, 9.17) is 19.6 Å². The van der Waals surface area contributed by atoms with E-state index < -0.39 is 20.6 Å². The van der Waals surface area contributed by atoms with E-state index in [2.05, 4.69) is 4.98 Å².